The molecule has 4 rings (SSSR count). The second-order valence-corrected chi connectivity index (χ2v) is 9.07. The number of amides is 1. The lowest BCUT2D eigenvalue weighted by molar-refractivity contribution is -0.239. The molecule has 10 heteroatoms. The third-order valence-corrected chi connectivity index (χ3v) is 6.86. The van der Waals surface area contributed by atoms with Crippen LogP contribution in [0.25, 0.3) is 0 Å². The summed E-state index contributed by atoms with van der Waals surface area (Å²) in [6.45, 7) is 1.42. The standard InChI is InChI=1S/C23H24FNO7S/c1-12-8-14(23(30)31-10-18-21(29)17(26)9-20(28)32-18)4-7-16(12)25-19(27)11-33-22(25)13-2-5-15(24)6-3-13/h2-8,17-18,20-22,26,28-29H,9-11H2,1H3. The van der Waals surface area contributed by atoms with Gasteiger partial charge in [0.2, 0.25) is 5.91 Å². The Balaban J connectivity index is 1.47. The van der Waals surface area contributed by atoms with E-state index < -0.39 is 30.6 Å². The smallest absolute Gasteiger partial charge is 0.338 e. The fraction of sp³-hybridized carbons (Fsp3) is 0.391. The molecule has 2 aliphatic heterocycles. The number of anilines is 1. The van der Waals surface area contributed by atoms with Gasteiger partial charge < -0.3 is 24.8 Å². The van der Waals surface area contributed by atoms with Crippen LogP contribution >= 0.6 is 11.8 Å². The molecule has 5 atom stereocenters. The molecule has 0 aliphatic carbocycles. The van der Waals surface area contributed by atoms with Crippen LogP contribution in [0, 0.1) is 12.7 Å². The van der Waals surface area contributed by atoms with E-state index in [9.17, 15) is 29.3 Å². The first kappa shape index (κ1) is 23.7. The molecule has 176 valence electrons. The van der Waals surface area contributed by atoms with Gasteiger partial charge in [-0.05, 0) is 48.4 Å². The summed E-state index contributed by atoms with van der Waals surface area (Å²) in [4.78, 5) is 26.8. The zero-order valence-electron chi connectivity index (χ0n) is 17.8. The van der Waals surface area contributed by atoms with Gasteiger partial charge in [-0.1, -0.05) is 12.1 Å². The van der Waals surface area contributed by atoms with Crippen molar-refractivity contribution in [3.8, 4) is 0 Å². The minimum atomic E-state index is -1.28. The molecular weight excluding hydrogens is 453 g/mol. The number of aryl methyl sites for hydroxylation is 1. The monoisotopic (exact) mass is 477 g/mol. The van der Waals surface area contributed by atoms with E-state index in [0.29, 0.717) is 11.3 Å². The lowest BCUT2D eigenvalue weighted by Crippen LogP contribution is -2.50. The molecule has 0 bridgehead atoms. The number of benzene rings is 2. The van der Waals surface area contributed by atoms with Crippen molar-refractivity contribution in [3.63, 3.8) is 0 Å². The Morgan fingerprint density at radius 1 is 1.21 bits per heavy atom. The highest BCUT2D eigenvalue weighted by molar-refractivity contribution is 8.00. The number of hydrogen-bond donors (Lipinski definition) is 3. The summed E-state index contributed by atoms with van der Waals surface area (Å²) in [7, 11) is 0. The molecule has 2 saturated heterocycles. The van der Waals surface area contributed by atoms with Gasteiger partial charge in [-0.2, -0.15) is 0 Å². The highest BCUT2D eigenvalue weighted by atomic mass is 32.2. The van der Waals surface area contributed by atoms with Gasteiger partial charge in [-0.3, -0.25) is 9.69 Å². The van der Waals surface area contributed by atoms with Crippen molar-refractivity contribution >= 4 is 29.3 Å². The van der Waals surface area contributed by atoms with Crippen LogP contribution in [-0.4, -0.2) is 64.2 Å². The van der Waals surface area contributed by atoms with Crippen molar-refractivity contribution in [3.05, 3.63) is 65.0 Å². The summed E-state index contributed by atoms with van der Waals surface area (Å²) in [6, 6.07) is 10.8. The topological polar surface area (TPSA) is 117 Å². The fourth-order valence-electron chi connectivity index (χ4n) is 3.92. The molecule has 33 heavy (non-hydrogen) atoms. The van der Waals surface area contributed by atoms with Gasteiger partial charge in [0.15, 0.2) is 6.29 Å². The minimum Gasteiger partial charge on any atom is -0.459 e. The SMILES string of the molecule is Cc1cc(C(=O)OCC2OC(O)CC(O)C2O)ccc1N1C(=O)CSC1c1ccc(F)cc1. The molecule has 2 aromatic rings. The van der Waals surface area contributed by atoms with Crippen LogP contribution in [0.4, 0.5) is 10.1 Å². The number of aliphatic hydroxyl groups is 3. The van der Waals surface area contributed by atoms with Gasteiger partial charge in [0.05, 0.1) is 17.4 Å². The number of carbonyl (C=O) groups excluding carboxylic acids is 2. The highest BCUT2D eigenvalue weighted by Gasteiger charge is 2.37. The molecule has 3 N–H and O–H groups in total. The van der Waals surface area contributed by atoms with E-state index in [2.05, 4.69) is 0 Å². The molecule has 0 spiro atoms. The van der Waals surface area contributed by atoms with Gasteiger partial charge in [0.25, 0.3) is 0 Å². The second-order valence-electron chi connectivity index (χ2n) is 8.00. The third-order valence-electron chi connectivity index (χ3n) is 5.64. The number of esters is 1. The number of nitrogens with zero attached hydrogens (tertiary/aromatic N) is 1. The summed E-state index contributed by atoms with van der Waals surface area (Å²) in [5.74, 6) is -0.832. The molecule has 2 aromatic carbocycles. The number of thioether (sulfide) groups is 1. The summed E-state index contributed by atoms with van der Waals surface area (Å²) in [6.07, 6.45) is -4.89. The van der Waals surface area contributed by atoms with Crippen LogP contribution in [-0.2, 0) is 14.3 Å². The van der Waals surface area contributed by atoms with Crippen molar-refractivity contribution in [2.45, 2.75) is 43.3 Å². The molecule has 2 fully saturated rings. The fourth-order valence-corrected chi connectivity index (χ4v) is 5.09. The third kappa shape index (κ3) is 5.04. The number of rotatable bonds is 5. The Morgan fingerprint density at radius 3 is 2.64 bits per heavy atom. The number of ether oxygens (including phenoxy) is 2. The average molecular weight is 478 g/mol. The van der Waals surface area contributed by atoms with Gasteiger partial charge in [0, 0.05) is 12.1 Å². The first-order valence-corrected chi connectivity index (χ1v) is 11.5. The lowest BCUT2D eigenvalue weighted by atomic mass is 10.0. The highest BCUT2D eigenvalue weighted by Crippen LogP contribution is 2.42. The van der Waals surface area contributed by atoms with Crippen molar-refractivity contribution < 1.29 is 38.8 Å². The molecule has 0 aromatic heterocycles. The molecule has 0 radical (unpaired) electrons. The van der Waals surface area contributed by atoms with Crippen LogP contribution in [0.1, 0.15) is 33.3 Å². The Labute approximate surface area is 193 Å². The normalized spacial score (nSPS) is 27.6. The van der Waals surface area contributed by atoms with Gasteiger partial charge in [-0.25, -0.2) is 9.18 Å². The number of hydrogen-bond acceptors (Lipinski definition) is 8. The molecule has 1 amide bonds. The maximum atomic E-state index is 13.3. The minimum absolute atomic E-state index is 0.0895. The van der Waals surface area contributed by atoms with Crippen LogP contribution in [0.2, 0.25) is 0 Å². The first-order chi connectivity index (χ1) is 15.7. The summed E-state index contributed by atoms with van der Waals surface area (Å²) in [5, 5.41) is 29.0. The van der Waals surface area contributed by atoms with Crippen LogP contribution in [0.3, 0.4) is 0 Å². The van der Waals surface area contributed by atoms with E-state index in [1.807, 2.05) is 0 Å². The van der Waals surface area contributed by atoms with E-state index in [4.69, 9.17) is 9.47 Å². The Morgan fingerprint density at radius 2 is 1.94 bits per heavy atom. The quantitative estimate of drug-likeness (QED) is 0.559. The van der Waals surface area contributed by atoms with Crippen LogP contribution < -0.4 is 4.90 Å². The van der Waals surface area contributed by atoms with E-state index in [0.717, 1.165) is 5.56 Å². The van der Waals surface area contributed by atoms with E-state index >= 15 is 0 Å². The number of carbonyl (C=O) groups is 2. The van der Waals surface area contributed by atoms with E-state index in [1.165, 1.54) is 30.0 Å². The van der Waals surface area contributed by atoms with Crippen LogP contribution in [0.5, 0.6) is 0 Å². The van der Waals surface area contributed by atoms with Crippen molar-refractivity contribution in [1.29, 1.82) is 0 Å². The number of halogens is 1. The first-order valence-electron chi connectivity index (χ1n) is 10.4. The maximum Gasteiger partial charge on any atom is 0.338 e. The molecule has 2 heterocycles. The van der Waals surface area contributed by atoms with E-state index in [-0.39, 0.29) is 41.4 Å². The van der Waals surface area contributed by atoms with Crippen LogP contribution in [0.15, 0.2) is 42.5 Å². The summed E-state index contributed by atoms with van der Waals surface area (Å²) >= 11 is 1.44. The Bertz CT molecular complexity index is 1030. The van der Waals surface area contributed by atoms with Crippen molar-refractivity contribution in [2.75, 3.05) is 17.3 Å². The van der Waals surface area contributed by atoms with E-state index in [1.54, 1.807) is 36.1 Å². The predicted octanol–water partition coefficient (Wildman–Crippen LogP) is 1.90. The predicted molar refractivity (Wildman–Crippen MR) is 118 cm³/mol. The molecular formula is C23H24FNO7S. The summed E-state index contributed by atoms with van der Waals surface area (Å²) in [5.41, 5.74) is 2.34. The molecule has 0 saturated carbocycles. The largest absolute Gasteiger partial charge is 0.459 e. The lowest BCUT2D eigenvalue weighted by Gasteiger charge is -2.34. The zero-order valence-corrected chi connectivity index (χ0v) is 18.6. The maximum absolute atomic E-state index is 13.3. The zero-order chi connectivity index (χ0) is 23.7. The van der Waals surface area contributed by atoms with Crippen molar-refractivity contribution in [2.24, 2.45) is 0 Å². The number of aliphatic hydroxyl groups excluding tert-OH is 3. The second kappa shape index (κ2) is 9.78. The van der Waals surface area contributed by atoms with Gasteiger partial charge in [-0.15, -0.1) is 11.8 Å². The molecule has 8 nitrogen and oxygen atoms in total. The van der Waals surface area contributed by atoms with Crippen molar-refractivity contribution in [1.82, 2.24) is 0 Å². The van der Waals surface area contributed by atoms with Gasteiger partial charge in [0.1, 0.15) is 30.0 Å². The Hall–Kier alpha value is -2.50. The average Bonchev–Trinajstić information content (AvgIpc) is 3.16. The Kier molecular flexibility index (Phi) is 7.01. The molecule has 5 unspecified atom stereocenters. The summed E-state index contributed by atoms with van der Waals surface area (Å²) < 4.78 is 23.7. The van der Waals surface area contributed by atoms with Gasteiger partial charge >= 0.3 is 5.97 Å². The molecule has 2 aliphatic rings.